The molecular formula is C7H18N2+. The maximum atomic E-state index is 7.66. The molecule has 0 aliphatic carbocycles. The van der Waals surface area contributed by atoms with E-state index in [2.05, 4.69) is 13.8 Å². The largest absolute Gasteiger partial charge is 0.230 e. The van der Waals surface area contributed by atoms with E-state index in [1.54, 1.807) is 0 Å². The SMILES string of the molecule is CCC[N+](C)([NH])CCC. The van der Waals surface area contributed by atoms with Crippen LogP contribution in [0.15, 0.2) is 0 Å². The van der Waals surface area contributed by atoms with Crippen LogP contribution in [0, 0.1) is 0 Å². The smallest absolute Gasteiger partial charge is 0.0970 e. The summed E-state index contributed by atoms with van der Waals surface area (Å²) in [7, 11) is 1.97. The van der Waals surface area contributed by atoms with Gasteiger partial charge in [-0.3, -0.25) is 0 Å². The standard InChI is InChI=1S/C7H18N2/c1-4-6-9(3,8)7-5-2/h8H,4-7H2,1-3H3/q+1. The third kappa shape index (κ3) is 4.43. The Hall–Kier alpha value is -0.0800. The maximum Gasteiger partial charge on any atom is 0.0970 e. The van der Waals surface area contributed by atoms with E-state index in [1.165, 1.54) is 0 Å². The van der Waals surface area contributed by atoms with Crippen LogP contribution in [0.2, 0.25) is 0 Å². The molecule has 0 rings (SSSR count). The van der Waals surface area contributed by atoms with Gasteiger partial charge in [0, 0.05) is 0 Å². The quantitative estimate of drug-likeness (QED) is 0.406. The number of hydrogen-bond acceptors (Lipinski definition) is 0. The molecule has 0 aliphatic rings. The van der Waals surface area contributed by atoms with E-state index in [4.69, 9.17) is 5.84 Å². The normalized spacial score (nSPS) is 12.0. The number of nitrogens with one attached hydrogen (secondary N) is 1. The Kier molecular flexibility index (Phi) is 3.82. The van der Waals surface area contributed by atoms with Crippen molar-refractivity contribution in [2.75, 3.05) is 20.1 Å². The minimum absolute atomic E-state index is 0.438. The highest BCUT2D eigenvalue weighted by molar-refractivity contribution is 4.28. The molecular weight excluding hydrogens is 112 g/mol. The van der Waals surface area contributed by atoms with Crippen LogP contribution in [0.4, 0.5) is 0 Å². The summed E-state index contributed by atoms with van der Waals surface area (Å²) in [6.07, 6.45) is 2.22. The van der Waals surface area contributed by atoms with Crippen LogP contribution in [0.1, 0.15) is 26.7 Å². The van der Waals surface area contributed by atoms with Crippen molar-refractivity contribution < 1.29 is 4.59 Å². The molecule has 9 heavy (non-hydrogen) atoms. The monoisotopic (exact) mass is 130 g/mol. The van der Waals surface area contributed by atoms with E-state index in [9.17, 15) is 0 Å². The molecule has 0 fully saturated rings. The van der Waals surface area contributed by atoms with Gasteiger partial charge in [0.05, 0.1) is 20.1 Å². The summed E-state index contributed by atoms with van der Waals surface area (Å²) in [5, 5.41) is 0. The predicted molar refractivity (Wildman–Crippen MR) is 39.6 cm³/mol. The fourth-order valence-electron chi connectivity index (χ4n) is 1.10. The van der Waals surface area contributed by atoms with Crippen LogP contribution in [0.5, 0.6) is 0 Å². The van der Waals surface area contributed by atoms with Crippen molar-refractivity contribution >= 4 is 0 Å². The van der Waals surface area contributed by atoms with E-state index < -0.39 is 0 Å². The number of quaternary nitrogens is 1. The number of nitrogens with zero attached hydrogens (tertiary/aromatic N) is 1. The summed E-state index contributed by atoms with van der Waals surface area (Å²) in [6, 6.07) is 0. The Morgan fingerprint density at radius 2 is 1.44 bits per heavy atom. The highest BCUT2D eigenvalue weighted by atomic mass is 15.6. The maximum absolute atomic E-state index is 7.66. The van der Waals surface area contributed by atoms with Gasteiger partial charge in [0.15, 0.2) is 0 Å². The Balaban J connectivity index is 3.43. The lowest BCUT2D eigenvalue weighted by Crippen LogP contribution is -2.43. The molecule has 0 aromatic carbocycles. The first-order valence-electron chi connectivity index (χ1n) is 3.72. The van der Waals surface area contributed by atoms with Crippen molar-refractivity contribution in [3.8, 4) is 0 Å². The van der Waals surface area contributed by atoms with Gasteiger partial charge in [-0.1, -0.05) is 19.7 Å². The fourth-order valence-corrected chi connectivity index (χ4v) is 1.10. The molecule has 0 atom stereocenters. The van der Waals surface area contributed by atoms with Gasteiger partial charge >= 0.3 is 0 Å². The second-order valence-corrected chi connectivity index (χ2v) is 2.84. The molecule has 0 saturated carbocycles. The molecule has 0 spiro atoms. The lowest BCUT2D eigenvalue weighted by Gasteiger charge is -2.24. The summed E-state index contributed by atoms with van der Waals surface area (Å²) < 4.78 is 0.438. The third-order valence-corrected chi connectivity index (χ3v) is 1.43. The molecule has 0 bridgehead atoms. The van der Waals surface area contributed by atoms with Crippen LogP contribution < -0.4 is 5.84 Å². The zero-order valence-corrected chi connectivity index (χ0v) is 6.78. The topological polar surface area (TPSA) is 23.8 Å². The molecule has 0 heterocycles. The van der Waals surface area contributed by atoms with Gasteiger partial charge in [-0.25, -0.2) is 4.59 Å². The zero-order valence-electron chi connectivity index (χ0n) is 6.78. The molecule has 0 unspecified atom stereocenters. The van der Waals surface area contributed by atoms with Crippen LogP contribution in [0.3, 0.4) is 0 Å². The predicted octanol–water partition coefficient (Wildman–Crippen LogP) is 1.45. The van der Waals surface area contributed by atoms with Gasteiger partial charge in [-0.2, -0.15) is 0 Å². The molecule has 55 valence electrons. The molecule has 0 aliphatic heterocycles. The van der Waals surface area contributed by atoms with Gasteiger partial charge in [0.2, 0.25) is 0 Å². The minimum atomic E-state index is 0.438. The number of hydrogen-bond donors (Lipinski definition) is 0. The molecule has 2 heteroatoms. The second-order valence-electron chi connectivity index (χ2n) is 2.84. The molecule has 0 saturated heterocycles. The van der Waals surface area contributed by atoms with Gasteiger partial charge in [0.1, 0.15) is 0 Å². The van der Waals surface area contributed by atoms with Gasteiger partial charge in [0.25, 0.3) is 0 Å². The zero-order chi connectivity index (χ0) is 7.33. The van der Waals surface area contributed by atoms with Crippen molar-refractivity contribution in [1.29, 1.82) is 0 Å². The van der Waals surface area contributed by atoms with Crippen LogP contribution in [-0.2, 0) is 0 Å². The van der Waals surface area contributed by atoms with Crippen LogP contribution in [0.25, 0.3) is 0 Å². The van der Waals surface area contributed by atoms with E-state index in [0.29, 0.717) is 4.59 Å². The lowest BCUT2D eigenvalue weighted by molar-refractivity contribution is -0.931. The first-order valence-corrected chi connectivity index (χ1v) is 3.72. The van der Waals surface area contributed by atoms with E-state index in [1.807, 2.05) is 7.05 Å². The Morgan fingerprint density at radius 3 is 1.67 bits per heavy atom. The van der Waals surface area contributed by atoms with Crippen molar-refractivity contribution in [1.82, 2.24) is 5.84 Å². The minimum Gasteiger partial charge on any atom is -0.230 e. The molecule has 0 aromatic rings. The van der Waals surface area contributed by atoms with Gasteiger partial charge < -0.3 is 0 Å². The highest BCUT2D eigenvalue weighted by Gasteiger charge is 2.13. The van der Waals surface area contributed by atoms with Crippen molar-refractivity contribution in [3.63, 3.8) is 0 Å². The summed E-state index contributed by atoms with van der Waals surface area (Å²) in [4.78, 5) is 0. The fraction of sp³-hybridized carbons (Fsp3) is 1.00. The average molecular weight is 130 g/mol. The molecule has 2 nitrogen and oxygen atoms in total. The van der Waals surface area contributed by atoms with E-state index in [-0.39, 0.29) is 0 Å². The van der Waals surface area contributed by atoms with Crippen molar-refractivity contribution in [2.24, 2.45) is 0 Å². The van der Waals surface area contributed by atoms with Crippen molar-refractivity contribution in [2.45, 2.75) is 26.7 Å². The highest BCUT2D eigenvalue weighted by Crippen LogP contribution is 1.97. The molecule has 1 radical (unpaired) electrons. The van der Waals surface area contributed by atoms with E-state index >= 15 is 0 Å². The molecule has 0 aromatic heterocycles. The summed E-state index contributed by atoms with van der Waals surface area (Å²) >= 11 is 0. The van der Waals surface area contributed by atoms with Crippen LogP contribution in [-0.4, -0.2) is 24.7 Å². The first-order chi connectivity index (χ1) is 4.12. The van der Waals surface area contributed by atoms with Gasteiger partial charge in [-0.05, 0) is 12.8 Å². The molecule has 1 N–H and O–H groups in total. The van der Waals surface area contributed by atoms with Crippen LogP contribution >= 0.6 is 0 Å². The summed E-state index contributed by atoms with van der Waals surface area (Å²) in [5.41, 5.74) is 0. The Morgan fingerprint density at radius 1 is 1.11 bits per heavy atom. The molecule has 0 amide bonds. The average Bonchev–Trinajstić information content (AvgIpc) is 1.64. The Labute approximate surface area is 58.2 Å². The number of rotatable bonds is 4. The summed E-state index contributed by atoms with van der Waals surface area (Å²) in [6.45, 7) is 6.21. The van der Waals surface area contributed by atoms with Crippen molar-refractivity contribution in [3.05, 3.63) is 0 Å². The lowest BCUT2D eigenvalue weighted by atomic mass is 10.4. The van der Waals surface area contributed by atoms with E-state index in [0.717, 1.165) is 25.9 Å². The van der Waals surface area contributed by atoms with Gasteiger partial charge in [-0.15, -0.1) is 0 Å². The first kappa shape index (κ1) is 8.92. The second kappa shape index (κ2) is 3.85. The summed E-state index contributed by atoms with van der Waals surface area (Å²) in [5.74, 6) is 7.66. The Bertz CT molecular complexity index is 61.3. The third-order valence-electron chi connectivity index (χ3n) is 1.43.